The van der Waals surface area contributed by atoms with E-state index >= 15 is 0 Å². The first-order valence-corrected chi connectivity index (χ1v) is 5.05. The van der Waals surface area contributed by atoms with E-state index in [9.17, 15) is 0 Å². The quantitative estimate of drug-likeness (QED) is 0.723. The number of alkyl halides is 1. The number of benzene rings is 1. The first kappa shape index (κ1) is 9.75. The predicted molar refractivity (Wildman–Crippen MR) is 54.7 cm³/mol. The molecule has 0 saturated heterocycles. The van der Waals surface area contributed by atoms with Gasteiger partial charge in [0, 0.05) is 12.4 Å². The van der Waals surface area contributed by atoms with Gasteiger partial charge >= 0.3 is 0 Å². The minimum absolute atomic E-state index is 0.172. The standard InChI is InChI=1S/C10H13BrO/c1-8-3-5-9(6-4-8)10(7-11)12-2/h3-6,10H,7H2,1-2H3/t10-/m0/s1. The van der Waals surface area contributed by atoms with Crippen molar-refractivity contribution in [2.45, 2.75) is 13.0 Å². The van der Waals surface area contributed by atoms with E-state index in [0.717, 1.165) is 5.33 Å². The average molecular weight is 229 g/mol. The van der Waals surface area contributed by atoms with Crippen LogP contribution in [0, 0.1) is 6.92 Å². The van der Waals surface area contributed by atoms with Gasteiger partial charge in [-0.05, 0) is 12.5 Å². The molecule has 0 aliphatic heterocycles. The molecule has 1 aromatic rings. The van der Waals surface area contributed by atoms with Crippen molar-refractivity contribution in [3.8, 4) is 0 Å². The van der Waals surface area contributed by atoms with Crippen molar-refractivity contribution >= 4 is 15.9 Å². The van der Waals surface area contributed by atoms with Crippen LogP contribution in [0.3, 0.4) is 0 Å². The van der Waals surface area contributed by atoms with Crippen molar-refractivity contribution < 1.29 is 4.74 Å². The zero-order chi connectivity index (χ0) is 8.97. The van der Waals surface area contributed by atoms with Crippen LogP contribution < -0.4 is 0 Å². The number of methoxy groups -OCH3 is 1. The first-order valence-electron chi connectivity index (χ1n) is 3.93. The largest absolute Gasteiger partial charge is 0.376 e. The lowest BCUT2D eigenvalue weighted by Crippen LogP contribution is -2.01. The van der Waals surface area contributed by atoms with Crippen LogP contribution in [-0.4, -0.2) is 12.4 Å². The summed E-state index contributed by atoms with van der Waals surface area (Å²) in [6, 6.07) is 8.41. The highest BCUT2D eigenvalue weighted by Gasteiger charge is 2.06. The van der Waals surface area contributed by atoms with Gasteiger partial charge in [0.1, 0.15) is 0 Å². The Labute approximate surface area is 81.9 Å². The molecule has 0 fully saturated rings. The van der Waals surface area contributed by atoms with E-state index in [1.54, 1.807) is 7.11 Å². The molecule has 0 radical (unpaired) electrons. The van der Waals surface area contributed by atoms with Gasteiger partial charge in [-0.15, -0.1) is 0 Å². The SMILES string of the molecule is CO[C@@H](CBr)c1ccc(C)cc1. The molecule has 0 bridgehead atoms. The Morgan fingerprint density at radius 2 is 1.92 bits per heavy atom. The molecular formula is C10H13BrO. The van der Waals surface area contributed by atoms with E-state index in [2.05, 4.69) is 47.1 Å². The first-order chi connectivity index (χ1) is 5.77. The molecule has 0 heterocycles. The van der Waals surface area contributed by atoms with E-state index < -0.39 is 0 Å². The maximum absolute atomic E-state index is 5.28. The van der Waals surface area contributed by atoms with Crippen LogP contribution in [0.1, 0.15) is 17.2 Å². The third kappa shape index (κ3) is 2.32. The van der Waals surface area contributed by atoms with Crippen LogP contribution in [0.5, 0.6) is 0 Å². The lowest BCUT2D eigenvalue weighted by atomic mass is 10.1. The number of ether oxygens (including phenoxy) is 1. The maximum atomic E-state index is 5.28. The van der Waals surface area contributed by atoms with Crippen LogP contribution in [0.4, 0.5) is 0 Å². The molecule has 66 valence electrons. The van der Waals surface area contributed by atoms with Crippen LogP contribution in [0.25, 0.3) is 0 Å². The van der Waals surface area contributed by atoms with E-state index in [4.69, 9.17) is 4.74 Å². The van der Waals surface area contributed by atoms with Gasteiger partial charge in [0.05, 0.1) is 6.10 Å². The highest BCUT2D eigenvalue weighted by atomic mass is 79.9. The van der Waals surface area contributed by atoms with Crippen molar-refractivity contribution in [2.24, 2.45) is 0 Å². The van der Waals surface area contributed by atoms with Gasteiger partial charge in [0.15, 0.2) is 0 Å². The molecule has 2 heteroatoms. The molecule has 1 atom stereocenters. The molecule has 0 amide bonds. The summed E-state index contributed by atoms with van der Waals surface area (Å²) in [5, 5.41) is 0.840. The van der Waals surface area contributed by atoms with E-state index in [1.807, 2.05) is 0 Å². The lowest BCUT2D eigenvalue weighted by molar-refractivity contribution is 0.124. The summed E-state index contributed by atoms with van der Waals surface area (Å²) in [6.07, 6.45) is 0.172. The molecule has 0 aliphatic rings. The fourth-order valence-corrected chi connectivity index (χ4v) is 1.71. The zero-order valence-corrected chi connectivity index (χ0v) is 8.97. The highest BCUT2D eigenvalue weighted by Crippen LogP contribution is 2.18. The van der Waals surface area contributed by atoms with Gasteiger partial charge in [-0.1, -0.05) is 45.8 Å². The Balaban J connectivity index is 2.80. The molecule has 0 unspecified atom stereocenters. The molecule has 0 aromatic heterocycles. The van der Waals surface area contributed by atoms with Crippen molar-refractivity contribution in [3.63, 3.8) is 0 Å². The van der Waals surface area contributed by atoms with E-state index in [1.165, 1.54) is 11.1 Å². The van der Waals surface area contributed by atoms with Crippen molar-refractivity contribution in [1.82, 2.24) is 0 Å². The van der Waals surface area contributed by atoms with Crippen LogP contribution in [0.15, 0.2) is 24.3 Å². The van der Waals surface area contributed by atoms with E-state index in [0.29, 0.717) is 0 Å². The monoisotopic (exact) mass is 228 g/mol. The Morgan fingerprint density at radius 1 is 1.33 bits per heavy atom. The third-order valence-electron chi connectivity index (χ3n) is 1.87. The zero-order valence-electron chi connectivity index (χ0n) is 7.38. The van der Waals surface area contributed by atoms with Crippen molar-refractivity contribution in [1.29, 1.82) is 0 Å². The Kier molecular flexibility index (Phi) is 3.76. The van der Waals surface area contributed by atoms with Crippen molar-refractivity contribution in [2.75, 3.05) is 12.4 Å². The molecule has 0 N–H and O–H groups in total. The fraction of sp³-hybridized carbons (Fsp3) is 0.400. The van der Waals surface area contributed by atoms with Gasteiger partial charge in [-0.25, -0.2) is 0 Å². The van der Waals surface area contributed by atoms with Crippen LogP contribution in [0.2, 0.25) is 0 Å². The smallest absolute Gasteiger partial charge is 0.0917 e. The lowest BCUT2D eigenvalue weighted by Gasteiger charge is -2.12. The fourth-order valence-electron chi connectivity index (χ4n) is 1.07. The Hall–Kier alpha value is -0.340. The minimum atomic E-state index is 0.172. The predicted octanol–water partition coefficient (Wildman–Crippen LogP) is 3.08. The van der Waals surface area contributed by atoms with E-state index in [-0.39, 0.29) is 6.10 Å². The summed E-state index contributed by atoms with van der Waals surface area (Å²) < 4.78 is 5.28. The number of aryl methyl sites for hydroxylation is 1. The number of hydrogen-bond donors (Lipinski definition) is 0. The maximum Gasteiger partial charge on any atom is 0.0917 e. The molecular weight excluding hydrogens is 216 g/mol. The third-order valence-corrected chi connectivity index (χ3v) is 2.46. The molecule has 0 saturated carbocycles. The second-order valence-electron chi connectivity index (χ2n) is 2.79. The molecule has 0 spiro atoms. The second-order valence-corrected chi connectivity index (χ2v) is 3.44. The number of rotatable bonds is 3. The number of hydrogen-bond acceptors (Lipinski definition) is 1. The van der Waals surface area contributed by atoms with Crippen LogP contribution in [-0.2, 0) is 4.74 Å². The van der Waals surface area contributed by atoms with Crippen molar-refractivity contribution in [3.05, 3.63) is 35.4 Å². The minimum Gasteiger partial charge on any atom is -0.376 e. The number of halogens is 1. The summed E-state index contributed by atoms with van der Waals surface area (Å²) in [7, 11) is 1.73. The Morgan fingerprint density at radius 3 is 2.33 bits per heavy atom. The summed E-state index contributed by atoms with van der Waals surface area (Å²) in [5.74, 6) is 0. The topological polar surface area (TPSA) is 9.23 Å². The van der Waals surface area contributed by atoms with Gasteiger partial charge in [0.2, 0.25) is 0 Å². The van der Waals surface area contributed by atoms with Crippen LogP contribution >= 0.6 is 15.9 Å². The summed E-state index contributed by atoms with van der Waals surface area (Å²) in [4.78, 5) is 0. The van der Waals surface area contributed by atoms with Gasteiger partial charge in [-0.3, -0.25) is 0 Å². The second kappa shape index (κ2) is 4.63. The summed E-state index contributed by atoms with van der Waals surface area (Å²) in [5.41, 5.74) is 2.50. The highest BCUT2D eigenvalue weighted by molar-refractivity contribution is 9.09. The molecule has 12 heavy (non-hydrogen) atoms. The van der Waals surface area contributed by atoms with Gasteiger partial charge < -0.3 is 4.74 Å². The van der Waals surface area contributed by atoms with Gasteiger partial charge in [-0.2, -0.15) is 0 Å². The Bertz CT molecular complexity index is 226. The summed E-state index contributed by atoms with van der Waals surface area (Å²) >= 11 is 3.41. The normalized spacial score (nSPS) is 12.9. The molecule has 0 aliphatic carbocycles. The molecule has 1 aromatic carbocycles. The molecule has 1 nitrogen and oxygen atoms in total. The average Bonchev–Trinajstić information content (AvgIpc) is 2.10. The molecule has 1 rings (SSSR count). The summed E-state index contributed by atoms with van der Waals surface area (Å²) in [6.45, 7) is 2.08. The van der Waals surface area contributed by atoms with Gasteiger partial charge in [0.25, 0.3) is 0 Å².